The molecular formula is C20H25N5O3S. The zero-order chi connectivity index (χ0) is 21.3. The first-order valence-corrected chi connectivity index (χ1v) is 10.0. The van der Waals surface area contributed by atoms with E-state index in [1.165, 1.54) is 18.4 Å². The summed E-state index contributed by atoms with van der Waals surface area (Å²) in [5, 5.41) is 4.19. The van der Waals surface area contributed by atoms with E-state index in [0.717, 1.165) is 9.94 Å². The number of nitrogens with one attached hydrogen (secondary N) is 2. The Bertz CT molecular complexity index is 1050. The molecule has 1 atom stereocenters. The minimum absolute atomic E-state index is 0.0141. The predicted octanol–water partition coefficient (Wildman–Crippen LogP) is 3.48. The van der Waals surface area contributed by atoms with Crippen molar-refractivity contribution in [1.82, 2.24) is 25.3 Å². The third-order valence-corrected chi connectivity index (χ3v) is 6.00. The average molecular weight is 416 g/mol. The van der Waals surface area contributed by atoms with Crippen molar-refractivity contribution in [2.45, 2.75) is 33.7 Å². The Morgan fingerprint density at radius 1 is 1.31 bits per heavy atom. The van der Waals surface area contributed by atoms with E-state index in [2.05, 4.69) is 41.0 Å². The lowest BCUT2D eigenvalue weighted by molar-refractivity contribution is -0.0753. The molecule has 2 amide bonds. The molecule has 0 aliphatic carbocycles. The highest BCUT2D eigenvalue weighted by molar-refractivity contribution is 7.17. The summed E-state index contributed by atoms with van der Waals surface area (Å²) in [5.41, 5.74) is 2.01. The third kappa shape index (κ3) is 4.30. The van der Waals surface area contributed by atoms with Crippen LogP contribution in [0.3, 0.4) is 0 Å². The Kier molecular flexibility index (Phi) is 5.72. The summed E-state index contributed by atoms with van der Waals surface area (Å²) in [6.45, 7) is 8.19. The zero-order valence-electron chi connectivity index (χ0n) is 17.4. The van der Waals surface area contributed by atoms with Crippen LogP contribution in [0.15, 0.2) is 24.5 Å². The molecule has 8 nitrogen and oxygen atoms in total. The van der Waals surface area contributed by atoms with Crippen molar-refractivity contribution < 1.29 is 14.4 Å². The topological polar surface area (TPSA) is 100 Å². The third-order valence-electron chi connectivity index (χ3n) is 4.90. The van der Waals surface area contributed by atoms with E-state index in [1.54, 1.807) is 25.5 Å². The van der Waals surface area contributed by atoms with E-state index >= 15 is 0 Å². The molecule has 9 heteroatoms. The lowest BCUT2D eigenvalue weighted by atomic mass is 9.88. The molecule has 3 rings (SSSR count). The monoisotopic (exact) mass is 415 g/mol. The van der Waals surface area contributed by atoms with Gasteiger partial charge >= 0.3 is 0 Å². The number of hydrogen-bond acceptors (Lipinski definition) is 6. The molecule has 0 aliphatic rings. The molecule has 0 aromatic carbocycles. The van der Waals surface area contributed by atoms with Crippen LogP contribution in [0.5, 0.6) is 0 Å². The quantitative estimate of drug-likeness (QED) is 0.622. The first-order chi connectivity index (χ1) is 13.6. The van der Waals surface area contributed by atoms with Crippen molar-refractivity contribution in [3.63, 3.8) is 0 Å². The summed E-state index contributed by atoms with van der Waals surface area (Å²) < 4.78 is 0. The van der Waals surface area contributed by atoms with Gasteiger partial charge in [-0.3, -0.25) is 14.4 Å². The molecule has 3 heterocycles. The van der Waals surface area contributed by atoms with Crippen LogP contribution >= 0.6 is 11.3 Å². The van der Waals surface area contributed by atoms with Crippen molar-refractivity contribution in [3.05, 3.63) is 35.0 Å². The summed E-state index contributed by atoms with van der Waals surface area (Å²) >= 11 is 1.29. The minimum Gasteiger partial charge on any atom is -0.349 e. The molecule has 2 N–H and O–H groups in total. The summed E-state index contributed by atoms with van der Waals surface area (Å²) in [7, 11) is 2.99. The van der Waals surface area contributed by atoms with Gasteiger partial charge in [0.25, 0.3) is 11.8 Å². The van der Waals surface area contributed by atoms with Crippen molar-refractivity contribution >= 4 is 34.3 Å². The SMILES string of the molecule is CON(C)C(=O)c1ccc(-c2cnc3[nH]cc(C(=O)NC(C)C(C)(C)C)c3n2)s1. The highest BCUT2D eigenvalue weighted by atomic mass is 32.1. The number of hydroxylamine groups is 2. The highest BCUT2D eigenvalue weighted by Crippen LogP contribution is 2.29. The fraction of sp³-hybridized carbons (Fsp3) is 0.400. The van der Waals surface area contributed by atoms with E-state index < -0.39 is 0 Å². The smallest absolute Gasteiger partial charge is 0.287 e. The number of carbonyl (C=O) groups is 2. The Morgan fingerprint density at radius 3 is 2.69 bits per heavy atom. The number of H-pyrrole nitrogens is 1. The van der Waals surface area contributed by atoms with Gasteiger partial charge in [-0.1, -0.05) is 20.8 Å². The average Bonchev–Trinajstić information content (AvgIpc) is 3.32. The zero-order valence-corrected chi connectivity index (χ0v) is 18.2. The van der Waals surface area contributed by atoms with Crippen LogP contribution in [0.1, 0.15) is 47.7 Å². The predicted molar refractivity (Wildman–Crippen MR) is 113 cm³/mol. The van der Waals surface area contributed by atoms with Crippen molar-refractivity contribution in [2.75, 3.05) is 14.2 Å². The first-order valence-electron chi connectivity index (χ1n) is 9.19. The molecule has 0 bridgehead atoms. The largest absolute Gasteiger partial charge is 0.349 e. The second-order valence-corrected chi connectivity index (χ2v) is 8.95. The standard InChI is InChI=1S/C20H25N5O3S/c1-11(20(2,3)4)23-18(26)12-9-21-17-16(12)24-13(10-22-17)14-7-8-15(29-14)19(27)25(5)28-6/h7-11H,1-6H3,(H,21,22)(H,23,26). The van der Waals surface area contributed by atoms with Crippen LogP contribution in [-0.2, 0) is 4.84 Å². The fourth-order valence-corrected chi connectivity index (χ4v) is 3.43. The molecule has 3 aromatic rings. The number of nitrogens with zero attached hydrogens (tertiary/aromatic N) is 3. The highest BCUT2D eigenvalue weighted by Gasteiger charge is 2.24. The number of thiophene rings is 1. The van der Waals surface area contributed by atoms with Crippen LogP contribution in [0.25, 0.3) is 21.7 Å². The maximum atomic E-state index is 12.8. The summed E-state index contributed by atoms with van der Waals surface area (Å²) in [4.78, 5) is 43.3. The van der Waals surface area contributed by atoms with Gasteiger partial charge in [-0.2, -0.15) is 0 Å². The molecule has 3 aromatic heterocycles. The van der Waals surface area contributed by atoms with Gasteiger partial charge in [-0.25, -0.2) is 15.0 Å². The maximum Gasteiger partial charge on any atom is 0.287 e. The van der Waals surface area contributed by atoms with Gasteiger partial charge in [0, 0.05) is 19.3 Å². The maximum absolute atomic E-state index is 12.8. The summed E-state index contributed by atoms with van der Waals surface area (Å²) in [6, 6.07) is 3.52. The van der Waals surface area contributed by atoms with Gasteiger partial charge < -0.3 is 10.3 Å². The van der Waals surface area contributed by atoms with Crippen LogP contribution in [0.4, 0.5) is 0 Å². The number of carbonyl (C=O) groups excluding carboxylic acids is 2. The first kappa shape index (κ1) is 20.9. The van der Waals surface area contributed by atoms with Gasteiger partial charge in [-0.15, -0.1) is 11.3 Å². The Morgan fingerprint density at radius 2 is 2.03 bits per heavy atom. The second kappa shape index (κ2) is 7.92. The number of rotatable bonds is 5. The second-order valence-electron chi connectivity index (χ2n) is 7.87. The van der Waals surface area contributed by atoms with E-state index in [1.807, 2.05) is 13.0 Å². The molecule has 1 unspecified atom stereocenters. The molecule has 154 valence electrons. The van der Waals surface area contributed by atoms with Crippen LogP contribution < -0.4 is 5.32 Å². The van der Waals surface area contributed by atoms with Crippen molar-refractivity contribution in [2.24, 2.45) is 5.41 Å². The number of aromatic nitrogens is 3. The van der Waals surface area contributed by atoms with E-state index in [4.69, 9.17) is 4.84 Å². The lowest BCUT2D eigenvalue weighted by Crippen LogP contribution is -2.41. The molecule has 0 saturated heterocycles. The van der Waals surface area contributed by atoms with Crippen LogP contribution in [0.2, 0.25) is 0 Å². The van der Waals surface area contributed by atoms with Gasteiger partial charge in [-0.05, 0) is 24.5 Å². The summed E-state index contributed by atoms with van der Waals surface area (Å²) in [5.74, 6) is -0.440. The van der Waals surface area contributed by atoms with Gasteiger partial charge in [0.05, 0.1) is 34.3 Å². The van der Waals surface area contributed by atoms with Crippen LogP contribution in [-0.4, -0.2) is 52.0 Å². The summed E-state index contributed by atoms with van der Waals surface area (Å²) in [6.07, 6.45) is 3.24. The number of hydrogen-bond donors (Lipinski definition) is 2. The Hall–Kier alpha value is -2.78. The number of amides is 2. The molecule has 29 heavy (non-hydrogen) atoms. The molecule has 0 saturated carbocycles. The lowest BCUT2D eigenvalue weighted by Gasteiger charge is -2.27. The number of aromatic amines is 1. The van der Waals surface area contributed by atoms with E-state index in [0.29, 0.717) is 27.3 Å². The van der Waals surface area contributed by atoms with E-state index in [-0.39, 0.29) is 23.3 Å². The van der Waals surface area contributed by atoms with Crippen LogP contribution in [0, 0.1) is 5.41 Å². The van der Waals surface area contributed by atoms with Gasteiger partial charge in [0.15, 0.2) is 5.65 Å². The Balaban J connectivity index is 1.91. The van der Waals surface area contributed by atoms with Crippen molar-refractivity contribution in [3.8, 4) is 10.6 Å². The molecule has 0 fully saturated rings. The normalized spacial score (nSPS) is 12.8. The van der Waals surface area contributed by atoms with Gasteiger partial charge in [0.2, 0.25) is 0 Å². The molecular weight excluding hydrogens is 390 g/mol. The Labute approximate surface area is 173 Å². The van der Waals surface area contributed by atoms with Crippen molar-refractivity contribution in [1.29, 1.82) is 0 Å². The van der Waals surface area contributed by atoms with E-state index in [9.17, 15) is 9.59 Å². The fourth-order valence-electron chi connectivity index (χ4n) is 2.50. The minimum atomic E-state index is -0.240. The molecule has 0 aliphatic heterocycles. The molecule has 0 spiro atoms. The van der Waals surface area contributed by atoms with Gasteiger partial charge in [0.1, 0.15) is 5.52 Å². The number of fused-ring (bicyclic) bond motifs is 1. The molecule has 0 radical (unpaired) electrons.